The van der Waals surface area contributed by atoms with E-state index in [4.69, 9.17) is 4.74 Å². The van der Waals surface area contributed by atoms with Crippen LogP contribution < -0.4 is 0 Å². The van der Waals surface area contributed by atoms with Crippen LogP contribution in [0.1, 0.15) is 19.3 Å². The van der Waals surface area contributed by atoms with Crippen LogP contribution in [0.15, 0.2) is 12.2 Å². The number of hydrogen-bond donors (Lipinski definition) is 0. The zero-order chi connectivity index (χ0) is 7.56. The fraction of sp³-hybridized carbons (Fsp3) is 0.750. The molecule has 2 unspecified atom stereocenters. The van der Waals surface area contributed by atoms with Crippen LogP contribution in [0.3, 0.4) is 0 Å². The van der Waals surface area contributed by atoms with Crippen molar-refractivity contribution >= 4 is 15.9 Å². The summed E-state index contributed by atoms with van der Waals surface area (Å²) in [6.07, 6.45) is 3.70. The SMILES string of the molecule is C=C1CC(Br)CCC1OC. The molecule has 1 rings (SSSR count). The summed E-state index contributed by atoms with van der Waals surface area (Å²) in [5.41, 5.74) is 1.23. The third-order valence-corrected chi connectivity index (χ3v) is 2.75. The summed E-state index contributed by atoms with van der Waals surface area (Å²) >= 11 is 3.57. The predicted molar refractivity (Wildman–Crippen MR) is 46.5 cm³/mol. The second kappa shape index (κ2) is 3.54. The van der Waals surface area contributed by atoms with E-state index in [0.29, 0.717) is 10.9 Å². The molecule has 0 amide bonds. The molecule has 58 valence electrons. The summed E-state index contributed by atoms with van der Waals surface area (Å²) in [4.78, 5) is 0.631. The first-order valence-electron chi connectivity index (χ1n) is 3.58. The minimum Gasteiger partial charge on any atom is -0.377 e. The van der Waals surface area contributed by atoms with Gasteiger partial charge in [-0.05, 0) is 24.8 Å². The normalized spacial score (nSPS) is 34.4. The molecule has 0 saturated heterocycles. The van der Waals surface area contributed by atoms with Crippen molar-refractivity contribution in [3.8, 4) is 0 Å². The predicted octanol–water partition coefficient (Wildman–Crippen LogP) is 2.51. The van der Waals surface area contributed by atoms with Crippen molar-refractivity contribution in [2.45, 2.75) is 30.2 Å². The van der Waals surface area contributed by atoms with Crippen molar-refractivity contribution in [3.63, 3.8) is 0 Å². The summed E-state index contributed by atoms with van der Waals surface area (Å²) in [5, 5.41) is 0. The molecule has 2 heteroatoms. The lowest BCUT2D eigenvalue weighted by Crippen LogP contribution is -2.22. The molecule has 0 aliphatic heterocycles. The minimum atomic E-state index is 0.314. The van der Waals surface area contributed by atoms with Crippen molar-refractivity contribution in [2.75, 3.05) is 7.11 Å². The van der Waals surface area contributed by atoms with Gasteiger partial charge in [0, 0.05) is 11.9 Å². The molecule has 1 aliphatic carbocycles. The van der Waals surface area contributed by atoms with E-state index in [1.807, 2.05) is 0 Å². The quantitative estimate of drug-likeness (QED) is 0.472. The monoisotopic (exact) mass is 204 g/mol. The molecule has 0 aromatic rings. The van der Waals surface area contributed by atoms with Gasteiger partial charge >= 0.3 is 0 Å². The van der Waals surface area contributed by atoms with Crippen LogP contribution in [0.5, 0.6) is 0 Å². The first-order chi connectivity index (χ1) is 4.74. The van der Waals surface area contributed by atoms with Gasteiger partial charge in [-0.2, -0.15) is 0 Å². The molecule has 2 atom stereocenters. The van der Waals surface area contributed by atoms with Crippen LogP contribution in [0.4, 0.5) is 0 Å². The summed E-state index contributed by atoms with van der Waals surface area (Å²) in [6.45, 7) is 3.96. The highest BCUT2D eigenvalue weighted by Gasteiger charge is 2.21. The smallest absolute Gasteiger partial charge is 0.0779 e. The average molecular weight is 205 g/mol. The molecule has 0 aromatic carbocycles. The van der Waals surface area contributed by atoms with Gasteiger partial charge in [0.05, 0.1) is 6.10 Å². The van der Waals surface area contributed by atoms with E-state index < -0.39 is 0 Å². The Bertz CT molecular complexity index is 133. The van der Waals surface area contributed by atoms with Crippen molar-refractivity contribution in [1.29, 1.82) is 0 Å². The Hall–Kier alpha value is 0.180. The van der Waals surface area contributed by atoms with Gasteiger partial charge in [-0.25, -0.2) is 0 Å². The van der Waals surface area contributed by atoms with E-state index in [1.54, 1.807) is 7.11 Å². The minimum absolute atomic E-state index is 0.314. The van der Waals surface area contributed by atoms with Gasteiger partial charge in [-0.3, -0.25) is 0 Å². The van der Waals surface area contributed by atoms with Crippen molar-refractivity contribution in [3.05, 3.63) is 12.2 Å². The van der Waals surface area contributed by atoms with E-state index >= 15 is 0 Å². The molecule has 0 bridgehead atoms. The van der Waals surface area contributed by atoms with Crippen molar-refractivity contribution in [2.24, 2.45) is 0 Å². The number of alkyl halides is 1. The highest BCUT2D eigenvalue weighted by Crippen LogP contribution is 2.28. The molecule has 0 aromatic heterocycles. The lowest BCUT2D eigenvalue weighted by Gasteiger charge is -2.26. The fourth-order valence-electron chi connectivity index (χ4n) is 1.34. The maximum atomic E-state index is 5.23. The van der Waals surface area contributed by atoms with Gasteiger partial charge in [-0.1, -0.05) is 22.5 Å². The zero-order valence-corrected chi connectivity index (χ0v) is 7.86. The van der Waals surface area contributed by atoms with Gasteiger partial charge in [0.25, 0.3) is 0 Å². The Morgan fingerprint density at radius 1 is 1.60 bits per heavy atom. The Kier molecular flexibility index (Phi) is 2.93. The molecule has 0 radical (unpaired) electrons. The highest BCUT2D eigenvalue weighted by atomic mass is 79.9. The summed E-state index contributed by atoms with van der Waals surface area (Å²) in [6, 6.07) is 0. The number of ether oxygens (including phenoxy) is 1. The number of hydrogen-bond acceptors (Lipinski definition) is 1. The van der Waals surface area contributed by atoms with Crippen LogP contribution in [0, 0.1) is 0 Å². The summed E-state index contributed by atoms with van der Waals surface area (Å²) in [5.74, 6) is 0. The maximum Gasteiger partial charge on any atom is 0.0779 e. The summed E-state index contributed by atoms with van der Waals surface area (Å²) < 4.78 is 5.23. The third kappa shape index (κ3) is 1.83. The van der Waals surface area contributed by atoms with E-state index in [2.05, 4.69) is 22.5 Å². The molecule has 10 heavy (non-hydrogen) atoms. The van der Waals surface area contributed by atoms with E-state index in [0.717, 1.165) is 12.8 Å². The van der Waals surface area contributed by atoms with Gasteiger partial charge in [0.1, 0.15) is 0 Å². The van der Waals surface area contributed by atoms with Crippen LogP contribution >= 0.6 is 15.9 Å². The van der Waals surface area contributed by atoms with Crippen LogP contribution in [0.2, 0.25) is 0 Å². The molecule has 1 fully saturated rings. The van der Waals surface area contributed by atoms with Gasteiger partial charge in [-0.15, -0.1) is 0 Å². The molecule has 1 saturated carbocycles. The molecular formula is C8H13BrO. The Morgan fingerprint density at radius 2 is 2.30 bits per heavy atom. The molecule has 1 aliphatic rings. The van der Waals surface area contributed by atoms with Gasteiger partial charge < -0.3 is 4.74 Å². The Balaban J connectivity index is 2.43. The van der Waals surface area contributed by atoms with Crippen LogP contribution in [-0.4, -0.2) is 18.0 Å². The van der Waals surface area contributed by atoms with Gasteiger partial charge in [0.15, 0.2) is 0 Å². The fourth-order valence-corrected chi connectivity index (χ4v) is 2.02. The average Bonchev–Trinajstić information content (AvgIpc) is 1.88. The van der Waals surface area contributed by atoms with E-state index in [1.165, 1.54) is 12.0 Å². The third-order valence-electron chi connectivity index (χ3n) is 1.97. The van der Waals surface area contributed by atoms with Crippen molar-refractivity contribution < 1.29 is 4.74 Å². The van der Waals surface area contributed by atoms with E-state index in [9.17, 15) is 0 Å². The second-order valence-corrected chi connectivity index (χ2v) is 4.06. The second-order valence-electron chi connectivity index (χ2n) is 2.76. The Morgan fingerprint density at radius 3 is 2.80 bits per heavy atom. The summed E-state index contributed by atoms with van der Waals surface area (Å²) in [7, 11) is 1.75. The maximum absolute atomic E-state index is 5.23. The molecule has 0 heterocycles. The van der Waals surface area contributed by atoms with Crippen LogP contribution in [0.25, 0.3) is 0 Å². The standard InChI is InChI=1S/C8H13BrO/c1-6-5-7(9)3-4-8(6)10-2/h7-8H,1,3-5H2,2H3. The van der Waals surface area contributed by atoms with Crippen molar-refractivity contribution in [1.82, 2.24) is 0 Å². The molecular weight excluding hydrogens is 192 g/mol. The van der Waals surface area contributed by atoms with Gasteiger partial charge in [0.2, 0.25) is 0 Å². The first kappa shape index (κ1) is 8.28. The first-order valence-corrected chi connectivity index (χ1v) is 4.50. The lowest BCUT2D eigenvalue weighted by molar-refractivity contribution is 0.111. The highest BCUT2D eigenvalue weighted by molar-refractivity contribution is 9.09. The largest absolute Gasteiger partial charge is 0.377 e. The van der Waals surface area contributed by atoms with E-state index in [-0.39, 0.29) is 0 Å². The number of rotatable bonds is 1. The lowest BCUT2D eigenvalue weighted by atomic mass is 9.93. The Labute approximate surface area is 70.6 Å². The molecule has 1 nitrogen and oxygen atoms in total. The molecule has 0 spiro atoms. The number of methoxy groups -OCH3 is 1. The number of halogens is 1. The topological polar surface area (TPSA) is 9.23 Å². The molecule has 0 N–H and O–H groups in total. The van der Waals surface area contributed by atoms with Crippen LogP contribution in [-0.2, 0) is 4.74 Å². The zero-order valence-electron chi connectivity index (χ0n) is 6.27.